The van der Waals surface area contributed by atoms with Crippen LogP contribution in [0.1, 0.15) is 18.4 Å². The zero-order valence-electron chi connectivity index (χ0n) is 12.7. The van der Waals surface area contributed by atoms with Gasteiger partial charge >= 0.3 is 0 Å². The van der Waals surface area contributed by atoms with Gasteiger partial charge in [0.1, 0.15) is 0 Å². The van der Waals surface area contributed by atoms with Crippen molar-refractivity contribution in [2.75, 3.05) is 0 Å². The van der Waals surface area contributed by atoms with E-state index in [2.05, 4.69) is 35.6 Å². The first-order chi connectivity index (χ1) is 10.8. The molecule has 0 saturated heterocycles. The van der Waals surface area contributed by atoms with Gasteiger partial charge in [0.05, 0.1) is 5.60 Å². The highest BCUT2D eigenvalue weighted by molar-refractivity contribution is 5.37. The Morgan fingerprint density at radius 2 is 1.82 bits per heavy atom. The molecule has 5 fully saturated rings. The lowest BCUT2D eigenvalue weighted by Gasteiger charge is -2.61. The fourth-order valence-electron chi connectivity index (χ4n) is 9.15. The summed E-state index contributed by atoms with van der Waals surface area (Å²) in [5.74, 6) is 7.72. The normalized spacial score (nSPS) is 63.9. The van der Waals surface area contributed by atoms with Gasteiger partial charge in [0.2, 0.25) is 0 Å². The van der Waals surface area contributed by atoms with Crippen LogP contribution < -0.4 is 5.32 Å². The molecule has 0 heterocycles. The SMILES string of the molecule is O[C@@]12C[C@@H]3[C@H]4[C@@H]5C[C@H]6[C@@H](C(NCc7ccccc7)[C@@H]1[C@@H]3[C@H]64)[C@@H]52. The molecule has 0 aliphatic heterocycles. The summed E-state index contributed by atoms with van der Waals surface area (Å²) < 4.78 is 0. The van der Waals surface area contributed by atoms with Gasteiger partial charge in [-0.2, -0.15) is 0 Å². The highest BCUT2D eigenvalue weighted by Gasteiger charge is 2.87. The van der Waals surface area contributed by atoms with E-state index in [4.69, 9.17) is 0 Å². The number of nitrogens with one attached hydrogen (secondary N) is 1. The number of hydrogen-bond donors (Lipinski definition) is 2. The molecule has 5 aliphatic carbocycles. The monoisotopic (exact) mass is 293 g/mol. The zero-order chi connectivity index (χ0) is 14.2. The van der Waals surface area contributed by atoms with Crippen LogP contribution in [0, 0.1) is 53.3 Å². The van der Waals surface area contributed by atoms with Gasteiger partial charge in [-0.05, 0) is 65.7 Å². The Kier molecular flexibility index (Phi) is 1.76. The van der Waals surface area contributed by atoms with Gasteiger partial charge in [-0.25, -0.2) is 0 Å². The molecule has 22 heavy (non-hydrogen) atoms. The van der Waals surface area contributed by atoms with Crippen molar-refractivity contribution in [2.24, 2.45) is 53.3 Å². The van der Waals surface area contributed by atoms with E-state index in [1.165, 1.54) is 12.0 Å². The Balaban J connectivity index is 1.27. The van der Waals surface area contributed by atoms with E-state index >= 15 is 0 Å². The molecule has 2 bridgehead atoms. The standard InChI is InChI=1S/C20H23NO/c22-20-7-12-13-11-6-10-14(13)15(12)18(20)19(16(10)17(11)20)21-8-9-4-2-1-3-5-9/h1-5,10-19,21-22H,6-8H2/t10-,11+,12-,13-,14-,15+,16-,17-,18+,19?,20-/m1/s1. The van der Waals surface area contributed by atoms with Crippen molar-refractivity contribution in [1.82, 2.24) is 5.32 Å². The number of fused-ring (bicyclic) bond motifs is 14. The molecule has 1 aromatic rings. The van der Waals surface area contributed by atoms with Crippen LogP contribution in [-0.4, -0.2) is 16.7 Å². The molecule has 0 amide bonds. The van der Waals surface area contributed by atoms with Crippen molar-refractivity contribution in [1.29, 1.82) is 0 Å². The molecule has 1 aromatic carbocycles. The molecular weight excluding hydrogens is 270 g/mol. The molecule has 114 valence electrons. The summed E-state index contributed by atoms with van der Waals surface area (Å²) in [5.41, 5.74) is 1.10. The zero-order valence-corrected chi connectivity index (χ0v) is 12.7. The third kappa shape index (κ3) is 0.957. The van der Waals surface area contributed by atoms with Gasteiger partial charge in [0.25, 0.3) is 0 Å². The Labute approximate surface area is 131 Å². The minimum absolute atomic E-state index is 0.282. The number of rotatable bonds is 3. The molecule has 11 atom stereocenters. The third-order valence-corrected chi connectivity index (χ3v) is 9.10. The molecule has 0 radical (unpaired) electrons. The fourth-order valence-corrected chi connectivity index (χ4v) is 9.15. The quantitative estimate of drug-likeness (QED) is 0.838. The summed E-state index contributed by atoms with van der Waals surface area (Å²) in [6, 6.07) is 11.4. The third-order valence-electron chi connectivity index (χ3n) is 9.10. The van der Waals surface area contributed by atoms with E-state index in [1.807, 2.05) is 0 Å². The summed E-state index contributed by atoms with van der Waals surface area (Å²) in [7, 11) is 0. The number of hydrogen-bond acceptors (Lipinski definition) is 2. The maximum Gasteiger partial charge on any atom is 0.0730 e. The van der Waals surface area contributed by atoms with Crippen molar-refractivity contribution in [3.05, 3.63) is 35.9 Å². The van der Waals surface area contributed by atoms with E-state index in [9.17, 15) is 5.11 Å². The van der Waals surface area contributed by atoms with Crippen molar-refractivity contribution < 1.29 is 5.11 Å². The van der Waals surface area contributed by atoms with Crippen LogP contribution in [-0.2, 0) is 6.54 Å². The largest absolute Gasteiger partial charge is 0.389 e. The lowest BCUT2D eigenvalue weighted by atomic mass is 9.44. The van der Waals surface area contributed by atoms with Crippen molar-refractivity contribution in [3.63, 3.8) is 0 Å². The fraction of sp³-hybridized carbons (Fsp3) is 0.700. The molecular formula is C20H23NO. The minimum atomic E-state index is -0.282. The molecule has 5 saturated carbocycles. The first-order valence-corrected chi connectivity index (χ1v) is 9.29. The topological polar surface area (TPSA) is 32.3 Å². The van der Waals surface area contributed by atoms with E-state index < -0.39 is 0 Å². The second-order valence-corrected chi connectivity index (χ2v) is 9.18. The highest BCUT2D eigenvalue weighted by Crippen LogP contribution is 2.87. The van der Waals surface area contributed by atoms with Crippen molar-refractivity contribution in [2.45, 2.75) is 31.0 Å². The van der Waals surface area contributed by atoms with E-state index in [0.29, 0.717) is 17.9 Å². The second-order valence-electron chi connectivity index (χ2n) is 9.18. The van der Waals surface area contributed by atoms with Crippen LogP contribution in [0.25, 0.3) is 0 Å². The summed E-state index contributed by atoms with van der Waals surface area (Å²) in [6.07, 6.45) is 2.60. The van der Waals surface area contributed by atoms with E-state index in [-0.39, 0.29) is 5.60 Å². The first-order valence-electron chi connectivity index (χ1n) is 9.29. The van der Waals surface area contributed by atoms with E-state index in [1.54, 1.807) is 0 Å². The molecule has 0 spiro atoms. The predicted molar refractivity (Wildman–Crippen MR) is 82.7 cm³/mol. The maximum atomic E-state index is 11.5. The molecule has 0 aromatic heterocycles. The van der Waals surface area contributed by atoms with Crippen LogP contribution in [0.3, 0.4) is 0 Å². The maximum absolute atomic E-state index is 11.5. The lowest BCUT2D eigenvalue weighted by molar-refractivity contribution is -0.145. The molecule has 2 nitrogen and oxygen atoms in total. The summed E-state index contributed by atoms with van der Waals surface area (Å²) in [6.45, 7) is 0.976. The van der Waals surface area contributed by atoms with Crippen molar-refractivity contribution >= 4 is 0 Å². The van der Waals surface area contributed by atoms with Crippen LogP contribution in [0.4, 0.5) is 0 Å². The van der Waals surface area contributed by atoms with Crippen LogP contribution in [0.5, 0.6) is 0 Å². The minimum Gasteiger partial charge on any atom is -0.389 e. The van der Waals surface area contributed by atoms with Crippen LogP contribution >= 0.6 is 0 Å². The summed E-state index contributed by atoms with van der Waals surface area (Å²) >= 11 is 0. The van der Waals surface area contributed by atoms with Crippen molar-refractivity contribution in [3.8, 4) is 0 Å². The Morgan fingerprint density at radius 1 is 0.955 bits per heavy atom. The summed E-state index contributed by atoms with van der Waals surface area (Å²) in [5, 5.41) is 15.5. The Morgan fingerprint density at radius 3 is 2.68 bits per heavy atom. The first kappa shape index (κ1) is 11.6. The number of benzene rings is 1. The average Bonchev–Trinajstić information content (AvgIpc) is 3.16. The Hall–Kier alpha value is -0.860. The number of aliphatic hydroxyl groups is 1. The highest BCUT2D eigenvalue weighted by atomic mass is 16.3. The predicted octanol–water partition coefficient (Wildman–Crippen LogP) is 2.28. The second kappa shape index (κ2) is 3.32. The molecule has 1 unspecified atom stereocenters. The molecule has 5 aliphatic rings. The van der Waals surface area contributed by atoms with Gasteiger partial charge in [-0.1, -0.05) is 30.3 Å². The van der Waals surface area contributed by atoms with Gasteiger partial charge in [0, 0.05) is 18.5 Å². The van der Waals surface area contributed by atoms with Gasteiger partial charge in [-0.15, -0.1) is 0 Å². The summed E-state index contributed by atoms with van der Waals surface area (Å²) in [4.78, 5) is 0. The smallest absolute Gasteiger partial charge is 0.0730 e. The molecule has 2 N–H and O–H groups in total. The average molecular weight is 293 g/mol. The van der Waals surface area contributed by atoms with Crippen LogP contribution in [0.15, 0.2) is 30.3 Å². The molecule has 2 heteroatoms. The van der Waals surface area contributed by atoms with Gasteiger partial charge in [-0.3, -0.25) is 0 Å². The van der Waals surface area contributed by atoms with Gasteiger partial charge < -0.3 is 10.4 Å². The molecule has 6 rings (SSSR count). The van der Waals surface area contributed by atoms with E-state index in [0.717, 1.165) is 54.4 Å². The Bertz CT molecular complexity index is 674. The van der Waals surface area contributed by atoms with Crippen LogP contribution in [0.2, 0.25) is 0 Å². The lowest BCUT2D eigenvalue weighted by Crippen LogP contribution is -2.61. The van der Waals surface area contributed by atoms with Gasteiger partial charge in [0.15, 0.2) is 0 Å².